The van der Waals surface area contributed by atoms with Gasteiger partial charge in [0, 0.05) is 33.7 Å². The van der Waals surface area contributed by atoms with Gasteiger partial charge in [-0.3, -0.25) is 0 Å². The number of imidazole rings is 1. The number of aromatic nitrogens is 2. The van der Waals surface area contributed by atoms with Crippen LogP contribution in [0.5, 0.6) is 0 Å². The van der Waals surface area contributed by atoms with E-state index in [-0.39, 0.29) is 5.60 Å². The molecular weight excluding hydrogens is 242 g/mol. The number of nitrogens with zero attached hydrogens (tertiary/aromatic N) is 2. The summed E-state index contributed by atoms with van der Waals surface area (Å²) in [6.45, 7) is 2.85. The summed E-state index contributed by atoms with van der Waals surface area (Å²) < 4.78 is 12.8. The van der Waals surface area contributed by atoms with Crippen LogP contribution in [-0.4, -0.2) is 42.0 Å². The van der Waals surface area contributed by atoms with Crippen molar-refractivity contribution in [2.75, 3.05) is 26.9 Å². The normalized spacial score (nSPS) is 24.4. The quantitative estimate of drug-likeness (QED) is 0.856. The van der Waals surface area contributed by atoms with Crippen LogP contribution in [-0.2, 0) is 23.1 Å². The molecule has 17 heavy (non-hydrogen) atoms. The van der Waals surface area contributed by atoms with Gasteiger partial charge >= 0.3 is 0 Å². The third kappa shape index (κ3) is 2.80. The maximum atomic E-state index is 5.92. The summed E-state index contributed by atoms with van der Waals surface area (Å²) in [7, 11) is 3.63. The molecule has 0 amide bonds. The van der Waals surface area contributed by atoms with Crippen molar-refractivity contribution in [2.45, 2.75) is 18.6 Å². The van der Waals surface area contributed by atoms with Gasteiger partial charge in [-0.25, -0.2) is 4.98 Å². The van der Waals surface area contributed by atoms with Crippen LogP contribution in [0.1, 0.15) is 12.2 Å². The highest BCUT2D eigenvalue weighted by atomic mass is 35.5. The van der Waals surface area contributed by atoms with Gasteiger partial charge < -0.3 is 19.4 Å². The van der Waals surface area contributed by atoms with Gasteiger partial charge in [0.15, 0.2) is 0 Å². The van der Waals surface area contributed by atoms with Gasteiger partial charge in [0.1, 0.15) is 16.6 Å². The number of hydrogen-bond acceptors (Lipinski definition) is 4. The highest BCUT2D eigenvalue weighted by Crippen LogP contribution is 2.21. The zero-order valence-electron chi connectivity index (χ0n) is 10.2. The van der Waals surface area contributed by atoms with E-state index in [9.17, 15) is 0 Å². The first-order chi connectivity index (χ1) is 8.17. The fourth-order valence-corrected chi connectivity index (χ4v) is 2.10. The van der Waals surface area contributed by atoms with E-state index in [1.54, 1.807) is 13.3 Å². The number of ether oxygens (including phenoxy) is 2. The van der Waals surface area contributed by atoms with E-state index in [1.807, 2.05) is 11.6 Å². The lowest BCUT2D eigenvalue weighted by molar-refractivity contribution is -0.0160. The second-order valence-corrected chi connectivity index (χ2v) is 4.74. The summed E-state index contributed by atoms with van der Waals surface area (Å²) in [5, 5.41) is 3.99. The number of hydrogen-bond donors (Lipinski definition) is 1. The van der Waals surface area contributed by atoms with Crippen LogP contribution < -0.4 is 5.32 Å². The molecule has 1 fully saturated rings. The Hall–Kier alpha value is -0.620. The molecule has 0 bridgehead atoms. The molecule has 1 saturated heterocycles. The first kappa shape index (κ1) is 12.8. The largest absolute Gasteiger partial charge is 0.378 e. The Morgan fingerprint density at radius 3 is 3.06 bits per heavy atom. The van der Waals surface area contributed by atoms with Crippen LogP contribution in [0.25, 0.3) is 0 Å². The number of halogens is 1. The highest BCUT2D eigenvalue weighted by molar-refractivity contribution is 6.29. The molecule has 0 radical (unpaired) electrons. The first-order valence-corrected chi connectivity index (χ1v) is 6.04. The van der Waals surface area contributed by atoms with Gasteiger partial charge in [-0.15, -0.1) is 0 Å². The lowest BCUT2D eigenvalue weighted by Gasteiger charge is -2.25. The summed E-state index contributed by atoms with van der Waals surface area (Å²) in [6.07, 6.45) is 2.58. The van der Waals surface area contributed by atoms with E-state index in [4.69, 9.17) is 21.1 Å². The van der Waals surface area contributed by atoms with E-state index >= 15 is 0 Å². The van der Waals surface area contributed by atoms with Gasteiger partial charge in [-0.2, -0.15) is 0 Å². The molecular formula is C11H18ClN3O2. The van der Waals surface area contributed by atoms with Crippen molar-refractivity contribution in [2.24, 2.45) is 7.05 Å². The number of methoxy groups -OCH3 is 1. The third-order valence-electron chi connectivity index (χ3n) is 3.26. The second kappa shape index (κ2) is 5.35. The Kier molecular flexibility index (Phi) is 4.04. The van der Waals surface area contributed by atoms with Crippen molar-refractivity contribution in [3.63, 3.8) is 0 Å². The maximum absolute atomic E-state index is 5.92. The molecule has 0 aromatic carbocycles. The Balaban J connectivity index is 1.85. The molecule has 6 heteroatoms. The molecule has 1 unspecified atom stereocenters. The Morgan fingerprint density at radius 1 is 1.71 bits per heavy atom. The van der Waals surface area contributed by atoms with Gasteiger partial charge in [-0.05, 0) is 0 Å². The lowest BCUT2D eigenvalue weighted by Crippen LogP contribution is -2.43. The average molecular weight is 260 g/mol. The molecule has 1 aromatic heterocycles. The monoisotopic (exact) mass is 259 g/mol. The van der Waals surface area contributed by atoms with Crippen molar-refractivity contribution in [1.29, 1.82) is 0 Å². The molecule has 0 saturated carbocycles. The Morgan fingerprint density at radius 2 is 2.53 bits per heavy atom. The van der Waals surface area contributed by atoms with E-state index in [2.05, 4.69) is 10.3 Å². The van der Waals surface area contributed by atoms with Crippen molar-refractivity contribution < 1.29 is 9.47 Å². The van der Waals surface area contributed by atoms with Crippen molar-refractivity contribution in [3.05, 3.63) is 17.2 Å². The molecule has 1 aliphatic rings. The molecule has 2 heterocycles. The minimum atomic E-state index is -0.186. The minimum Gasteiger partial charge on any atom is -0.378 e. The van der Waals surface area contributed by atoms with Crippen LogP contribution in [0, 0.1) is 0 Å². The predicted molar refractivity (Wildman–Crippen MR) is 65.1 cm³/mol. The number of rotatable bonds is 5. The predicted octanol–water partition coefficient (Wildman–Crippen LogP) is 0.969. The van der Waals surface area contributed by atoms with Crippen LogP contribution in [0.4, 0.5) is 0 Å². The van der Waals surface area contributed by atoms with Gasteiger partial charge in [0.2, 0.25) is 0 Å². The second-order valence-electron chi connectivity index (χ2n) is 4.35. The van der Waals surface area contributed by atoms with Crippen LogP contribution in [0.3, 0.4) is 0 Å². The minimum absolute atomic E-state index is 0.186. The average Bonchev–Trinajstić information content (AvgIpc) is 2.92. The maximum Gasteiger partial charge on any atom is 0.128 e. The van der Waals surface area contributed by atoms with Gasteiger partial charge in [0.25, 0.3) is 0 Å². The van der Waals surface area contributed by atoms with Gasteiger partial charge in [0.05, 0.1) is 19.3 Å². The SMILES string of the molecule is COC1(CNCc2ncc(Cl)n2C)CCOC1. The molecule has 5 nitrogen and oxygen atoms in total. The lowest BCUT2D eigenvalue weighted by atomic mass is 10.0. The summed E-state index contributed by atoms with van der Waals surface area (Å²) in [5.74, 6) is 0.917. The zero-order chi connectivity index (χ0) is 12.3. The fraction of sp³-hybridized carbons (Fsp3) is 0.727. The number of nitrogens with one attached hydrogen (secondary N) is 1. The van der Waals surface area contributed by atoms with Crippen LogP contribution in [0.15, 0.2) is 6.20 Å². The summed E-state index contributed by atoms with van der Waals surface area (Å²) in [5.41, 5.74) is -0.186. The van der Waals surface area contributed by atoms with Crippen molar-refractivity contribution in [1.82, 2.24) is 14.9 Å². The van der Waals surface area contributed by atoms with E-state index in [0.29, 0.717) is 18.3 Å². The molecule has 96 valence electrons. The molecule has 1 aromatic rings. The van der Waals surface area contributed by atoms with Crippen LogP contribution in [0.2, 0.25) is 5.15 Å². The molecule has 0 aliphatic carbocycles. The highest BCUT2D eigenvalue weighted by Gasteiger charge is 2.34. The molecule has 2 rings (SSSR count). The fourth-order valence-electron chi connectivity index (χ4n) is 1.95. The molecule has 1 aliphatic heterocycles. The van der Waals surface area contributed by atoms with Gasteiger partial charge in [-0.1, -0.05) is 11.6 Å². The standard InChI is InChI=1S/C11H18ClN3O2/c1-15-9(12)5-14-10(15)6-13-7-11(16-2)3-4-17-8-11/h5,13H,3-4,6-8H2,1-2H3. The van der Waals surface area contributed by atoms with Crippen LogP contribution >= 0.6 is 11.6 Å². The summed E-state index contributed by atoms with van der Waals surface area (Å²) >= 11 is 5.92. The Bertz CT molecular complexity index is 375. The third-order valence-corrected chi connectivity index (χ3v) is 3.61. The first-order valence-electron chi connectivity index (χ1n) is 5.66. The van der Waals surface area contributed by atoms with Crippen molar-refractivity contribution in [3.8, 4) is 0 Å². The van der Waals surface area contributed by atoms with E-state index in [1.165, 1.54) is 0 Å². The smallest absolute Gasteiger partial charge is 0.128 e. The Labute approximate surface area is 106 Å². The summed E-state index contributed by atoms with van der Waals surface area (Å²) in [4.78, 5) is 4.22. The van der Waals surface area contributed by atoms with Crippen molar-refractivity contribution >= 4 is 11.6 Å². The van der Waals surface area contributed by atoms with E-state index < -0.39 is 0 Å². The van der Waals surface area contributed by atoms with E-state index in [0.717, 1.165) is 25.4 Å². The zero-order valence-corrected chi connectivity index (χ0v) is 11.0. The molecule has 0 spiro atoms. The molecule has 1 N–H and O–H groups in total. The molecule has 1 atom stereocenters. The topological polar surface area (TPSA) is 48.3 Å². The summed E-state index contributed by atoms with van der Waals surface area (Å²) in [6, 6.07) is 0.